The number of fused-ring (bicyclic) bond motifs is 3. The number of amides is 4. The molecule has 64 heavy (non-hydrogen) atoms. The molecule has 0 spiro atoms. The maximum Gasteiger partial charge on any atom is 0.264 e. The third-order valence-electron chi connectivity index (χ3n) is 14.2. The van der Waals surface area contributed by atoms with Crippen molar-refractivity contribution in [3.05, 3.63) is 89.0 Å². The lowest BCUT2D eigenvalue weighted by Gasteiger charge is -2.43. The molecule has 1 unspecified atom stereocenters. The van der Waals surface area contributed by atoms with Crippen molar-refractivity contribution in [1.29, 1.82) is 0 Å². The first-order valence-electron chi connectivity index (χ1n) is 22.2. The Bertz CT molecular complexity index is 2660. The third kappa shape index (κ3) is 7.42. The fraction of sp³-hybridized carbons (Fsp3) is 0.447. The minimum absolute atomic E-state index is 0.0111. The molecule has 1 atom stereocenters. The molecular formula is C47H52F2N10O5. The molecule has 4 amide bonds. The molecule has 1 saturated carbocycles. The minimum Gasteiger partial charge on any atom is -0.495 e. The molecule has 1 N–H and O–H groups in total. The Labute approximate surface area is 369 Å². The van der Waals surface area contributed by atoms with Gasteiger partial charge in [0.1, 0.15) is 17.4 Å². The van der Waals surface area contributed by atoms with Crippen molar-refractivity contribution in [2.24, 2.45) is 0 Å². The van der Waals surface area contributed by atoms with Crippen LogP contribution in [0.25, 0.3) is 16.8 Å². The predicted molar refractivity (Wildman–Crippen MR) is 235 cm³/mol. The van der Waals surface area contributed by atoms with Crippen LogP contribution in [0.3, 0.4) is 0 Å². The van der Waals surface area contributed by atoms with E-state index < -0.39 is 18.4 Å². The molecule has 3 fully saturated rings. The number of alkyl halides is 2. The Morgan fingerprint density at radius 1 is 0.891 bits per heavy atom. The molecule has 2 aromatic carbocycles. The fourth-order valence-electron chi connectivity index (χ4n) is 10.7. The minimum atomic E-state index is -2.76. The summed E-state index contributed by atoms with van der Waals surface area (Å²) < 4.78 is 39.5. The summed E-state index contributed by atoms with van der Waals surface area (Å²) in [6.45, 7) is 6.51. The lowest BCUT2D eigenvalue weighted by molar-refractivity contribution is -0.137. The van der Waals surface area contributed by atoms with Gasteiger partial charge in [0.15, 0.2) is 5.82 Å². The topological polar surface area (TPSA) is 141 Å². The number of hydrogen-bond donors (Lipinski definition) is 1. The van der Waals surface area contributed by atoms with Crippen LogP contribution in [0.2, 0.25) is 0 Å². The van der Waals surface area contributed by atoms with E-state index in [1.54, 1.807) is 46.9 Å². The van der Waals surface area contributed by atoms with Crippen LogP contribution in [0.1, 0.15) is 90.7 Å². The van der Waals surface area contributed by atoms with Gasteiger partial charge in [-0.1, -0.05) is 6.07 Å². The first kappa shape index (κ1) is 41.6. The number of anilines is 3. The molecule has 5 aliphatic rings. The number of carbonyl (C=O) groups is 4. The van der Waals surface area contributed by atoms with Gasteiger partial charge in [0.25, 0.3) is 12.3 Å². The lowest BCUT2D eigenvalue weighted by atomic mass is 9.89. The van der Waals surface area contributed by atoms with E-state index in [0.717, 1.165) is 74.4 Å². The molecule has 10 rings (SSSR count). The van der Waals surface area contributed by atoms with Gasteiger partial charge in [-0.25, -0.2) is 13.8 Å². The second-order valence-electron chi connectivity index (χ2n) is 17.7. The zero-order valence-electron chi connectivity index (χ0n) is 36.3. The molecule has 2 saturated heterocycles. The molecular weight excluding hydrogens is 823 g/mol. The number of piperidine rings is 1. The Morgan fingerprint density at radius 2 is 1.66 bits per heavy atom. The van der Waals surface area contributed by atoms with Crippen LogP contribution in [0.15, 0.2) is 61.1 Å². The van der Waals surface area contributed by atoms with E-state index >= 15 is 0 Å². The second-order valence-corrected chi connectivity index (χ2v) is 17.7. The van der Waals surface area contributed by atoms with Gasteiger partial charge in [-0.3, -0.25) is 34.1 Å². The number of nitrogens with one attached hydrogen (secondary N) is 1. The lowest BCUT2D eigenvalue weighted by Crippen LogP contribution is -2.52. The zero-order chi connectivity index (χ0) is 44.4. The normalized spacial score (nSPS) is 21.7. The number of halogens is 2. The zero-order valence-corrected chi connectivity index (χ0v) is 36.3. The molecule has 334 valence electrons. The van der Waals surface area contributed by atoms with Crippen LogP contribution in [0.5, 0.6) is 5.75 Å². The fourth-order valence-corrected chi connectivity index (χ4v) is 10.7. The first-order chi connectivity index (χ1) is 30.9. The maximum atomic E-state index is 14.9. The largest absolute Gasteiger partial charge is 0.495 e. The number of nitrogens with zero attached hydrogens (tertiary/aromatic N) is 9. The summed E-state index contributed by atoms with van der Waals surface area (Å²) in [5.41, 5.74) is 6.62. The van der Waals surface area contributed by atoms with Crippen molar-refractivity contribution >= 4 is 46.5 Å². The Morgan fingerprint density at radius 3 is 2.39 bits per heavy atom. The molecule has 1 aliphatic carbocycles. The number of rotatable bonds is 9. The van der Waals surface area contributed by atoms with Crippen molar-refractivity contribution in [3.8, 4) is 16.9 Å². The van der Waals surface area contributed by atoms with Crippen LogP contribution in [-0.4, -0.2) is 116 Å². The van der Waals surface area contributed by atoms with Crippen LogP contribution in [0, 0.1) is 0 Å². The summed E-state index contributed by atoms with van der Waals surface area (Å²) in [4.78, 5) is 64.8. The van der Waals surface area contributed by atoms with Crippen molar-refractivity contribution in [2.45, 2.75) is 89.5 Å². The highest BCUT2D eigenvalue weighted by atomic mass is 19.3. The van der Waals surface area contributed by atoms with E-state index in [2.05, 4.69) is 30.8 Å². The average Bonchev–Trinajstić information content (AvgIpc) is 4.03. The van der Waals surface area contributed by atoms with E-state index in [1.165, 1.54) is 13.2 Å². The van der Waals surface area contributed by atoms with E-state index in [-0.39, 0.29) is 35.7 Å². The molecule has 0 radical (unpaired) electrons. The van der Waals surface area contributed by atoms with E-state index in [1.807, 2.05) is 35.0 Å². The smallest absolute Gasteiger partial charge is 0.264 e. The van der Waals surface area contributed by atoms with Crippen LogP contribution in [-0.2, 0) is 33.9 Å². The van der Waals surface area contributed by atoms with Gasteiger partial charge in [-0.15, -0.1) is 0 Å². The van der Waals surface area contributed by atoms with Crippen molar-refractivity contribution in [1.82, 2.24) is 39.2 Å². The molecule has 15 nitrogen and oxygen atoms in total. The predicted octanol–water partition coefficient (Wildman–Crippen LogP) is 5.88. The number of hydrogen-bond acceptors (Lipinski definition) is 10. The summed E-state index contributed by atoms with van der Waals surface area (Å²) in [5.74, 6) is 0.254. The standard InChI is InChI=1S/C47H52F2N10O5/c1-28(60)56-16-14-39-38(26-56)45(53(2)32-8-11-35(37(23-32)44(48)49)36-24-42-50-15-17-57(42)27-41(36)64-3)52-59(39)31-6-4-30(5-7-31)54-18-20-55(21-19-54)33-9-10-34-29(22-33)25-58(47(34)63)40-12-13-43(61)51-46(40)62/h8-11,15,17,22-24,27,30-31,40,44H,4-7,12-14,16,18-21,25-26H2,1-3H3,(H,51,61,62). The van der Waals surface area contributed by atoms with E-state index in [0.29, 0.717) is 78.1 Å². The highest BCUT2D eigenvalue weighted by Crippen LogP contribution is 2.42. The SMILES string of the molecule is COc1cn2ccnc2cc1-c1ccc(N(C)c2nn(C3CCC(N4CCN(c5ccc6c(c5)CN(C5CCC(=O)NC5=O)C6=O)CC4)CC3)c3c2CN(C(C)=O)CC3)cc1C(F)F. The Balaban J connectivity index is 0.823. The highest BCUT2D eigenvalue weighted by Gasteiger charge is 2.40. The van der Waals surface area contributed by atoms with Gasteiger partial charge < -0.3 is 28.7 Å². The molecule has 5 aromatic rings. The molecule has 0 bridgehead atoms. The van der Waals surface area contributed by atoms with Crippen LogP contribution < -0.4 is 19.9 Å². The monoisotopic (exact) mass is 874 g/mol. The second kappa shape index (κ2) is 16.6. The summed E-state index contributed by atoms with van der Waals surface area (Å²) in [5, 5.41) is 7.63. The number of ether oxygens (including phenoxy) is 1. The quantitative estimate of drug-likeness (QED) is 0.179. The van der Waals surface area contributed by atoms with E-state index in [9.17, 15) is 28.0 Å². The number of piperazine rings is 1. The number of benzene rings is 2. The molecule has 4 aliphatic heterocycles. The molecule has 7 heterocycles. The number of methoxy groups -OCH3 is 1. The molecule has 17 heteroatoms. The number of imide groups is 1. The maximum absolute atomic E-state index is 14.9. The van der Waals surface area contributed by atoms with Crippen molar-refractivity contribution in [2.75, 3.05) is 56.7 Å². The van der Waals surface area contributed by atoms with E-state index in [4.69, 9.17) is 9.84 Å². The number of carbonyl (C=O) groups excluding carboxylic acids is 4. The number of pyridine rings is 1. The Kier molecular flexibility index (Phi) is 10.8. The molecule has 3 aromatic heterocycles. The van der Waals surface area contributed by atoms with Gasteiger partial charge in [0, 0.05) is 124 Å². The summed E-state index contributed by atoms with van der Waals surface area (Å²) in [6.07, 6.45) is 7.60. The van der Waals surface area contributed by atoms with Gasteiger partial charge in [-0.2, -0.15) is 5.10 Å². The summed E-state index contributed by atoms with van der Waals surface area (Å²) in [6, 6.07) is 12.8. The van der Waals surface area contributed by atoms with Crippen LogP contribution >= 0.6 is 0 Å². The van der Waals surface area contributed by atoms with Gasteiger partial charge in [0.05, 0.1) is 25.9 Å². The van der Waals surface area contributed by atoms with Gasteiger partial charge >= 0.3 is 0 Å². The van der Waals surface area contributed by atoms with Crippen molar-refractivity contribution in [3.63, 3.8) is 0 Å². The highest BCUT2D eigenvalue weighted by molar-refractivity contribution is 6.05. The number of imidazole rings is 1. The number of aromatic nitrogens is 4. The van der Waals surface area contributed by atoms with Gasteiger partial charge in [-0.05, 0) is 79.6 Å². The van der Waals surface area contributed by atoms with Gasteiger partial charge in [0.2, 0.25) is 17.7 Å². The summed E-state index contributed by atoms with van der Waals surface area (Å²) >= 11 is 0. The van der Waals surface area contributed by atoms with Crippen molar-refractivity contribution < 1.29 is 32.7 Å². The first-order valence-corrected chi connectivity index (χ1v) is 22.2. The average molecular weight is 875 g/mol. The summed E-state index contributed by atoms with van der Waals surface area (Å²) in [7, 11) is 3.38. The third-order valence-corrected chi connectivity index (χ3v) is 14.2. The van der Waals surface area contributed by atoms with Crippen LogP contribution in [0.4, 0.5) is 26.0 Å². The Hall–Kier alpha value is -6.36.